The molecule has 1 unspecified atom stereocenters. The van der Waals surface area contributed by atoms with E-state index >= 15 is 0 Å². The maximum Gasteiger partial charge on any atom is 0.530 e. The summed E-state index contributed by atoms with van der Waals surface area (Å²) in [6, 6.07) is 32.5. The fourth-order valence-electron chi connectivity index (χ4n) is 5.79. The summed E-state index contributed by atoms with van der Waals surface area (Å²) in [5.74, 6) is 1.87. The van der Waals surface area contributed by atoms with E-state index in [1.54, 1.807) is 36.4 Å². The van der Waals surface area contributed by atoms with E-state index < -0.39 is 23.0 Å². The third kappa shape index (κ3) is 7.45. The number of para-hydroxylation sites is 3. The van der Waals surface area contributed by atoms with Crippen LogP contribution in [0.2, 0.25) is 0 Å². The number of fused-ring (bicyclic) bond motifs is 2. The van der Waals surface area contributed by atoms with E-state index in [1.165, 1.54) is 0 Å². The number of rotatable bonds is 12. The van der Waals surface area contributed by atoms with Crippen LogP contribution in [-0.2, 0) is 4.52 Å². The quantitative estimate of drug-likeness (QED) is 0.115. The molecular formula is C42H36O8P2. The summed E-state index contributed by atoms with van der Waals surface area (Å²) >= 11 is 0. The Labute approximate surface area is 305 Å². The standard InChI is InChI=1S/C42H36O8P2/c1-27-15-5-9-21-33(27)45-51(46-34-22-10-6-16-28(34)2)49-37-25-13-19-31-39(37)42(44)40-32(41(31)43)20-14-26-38(40)50-52(47-35-23-11-7-17-29(35)3)48-36-24-12-8-18-30(36)4/h5-7,9-11,13-26H,8,12H2,1-4H3. The Balaban J connectivity index is 1.24. The molecule has 0 saturated heterocycles. The Morgan fingerprint density at radius 1 is 0.423 bits per heavy atom. The zero-order chi connectivity index (χ0) is 36.2. The second-order valence-corrected chi connectivity index (χ2v) is 14.3. The van der Waals surface area contributed by atoms with E-state index in [0.29, 0.717) is 23.0 Å². The van der Waals surface area contributed by atoms with Crippen LogP contribution in [0.4, 0.5) is 0 Å². The Morgan fingerprint density at radius 3 is 1.25 bits per heavy atom. The minimum atomic E-state index is -2.15. The van der Waals surface area contributed by atoms with Crippen molar-refractivity contribution in [1.82, 2.24) is 0 Å². The van der Waals surface area contributed by atoms with Crippen molar-refractivity contribution in [3.05, 3.63) is 172 Å². The summed E-state index contributed by atoms with van der Waals surface area (Å²) in [5, 5.41) is 0. The monoisotopic (exact) mass is 730 g/mol. The largest absolute Gasteiger partial charge is 0.530 e. The van der Waals surface area contributed by atoms with E-state index in [4.69, 9.17) is 27.1 Å². The summed E-state index contributed by atoms with van der Waals surface area (Å²) in [6.45, 7) is 7.74. The molecule has 2 aliphatic carbocycles. The van der Waals surface area contributed by atoms with E-state index in [1.807, 2.05) is 107 Å². The van der Waals surface area contributed by atoms with Crippen molar-refractivity contribution >= 4 is 28.8 Å². The van der Waals surface area contributed by atoms with Crippen LogP contribution in [0.15, 0.2) is 133 Å². The predicted octanol–water partition coefficient (Wildman–Crippen LogP) is 11.5. The van der Waals surface area contributed by atoms with Gasteiger partial charge in [-0.05, 0) is 99.2 Å². The normalized spacial score (nSPS) is 14.0. The molecule has 0 radical (unpaired) electrons. The average Bonchev–Trinajstić information content (AvgIpc) is 3.14. The van der Waals surface area contributed by atoms with Gasteiger partial charge in [0.2, 0.25) is 5.78 Å². The number of ketones is 2. The highest BCUT2D eigenvalue weighted by Gasteiger charge is 2.38. The zero-order valence-electron chi connectivity index (χ0n) is 29.1. The maximum absolute atomic E-state index is 14.7. The second-order valence-electron chi connectivity index (χ2n) is 12.3. The van der Waals surface area contributed by atoms with Crippen LogP contribution in [-0.4, -0.2) is 11.6 Å². The van der Waals surface area contributed by atoms with Crippen molar-refractivity contribution in [2.75, 3.05) is 0 Å². The molecule has 5 aromatic carbocycles. The lowest BCUT2D eigenvalue weighted by molar-refractivity contribution is 0.0975. The number of aryl methyl sites for hydroxylation is 3. The molecule has 0 saturated carbocycles. The minimum absolute atomic E-state index is 0.0872. The van der Waals surface area contributed by atoms with Crippen molar-refractivity contribution in [3.63, 3.8) is 0 Å². The van der Waals surface area contributed by atoms with Crippen LogP contribution in [0, 0.1) is 20.8 Å². The zero-order valence-corrected chi connectivity index (χ0v) is 30.9. The summed E-state index contributed by atoms with van der Waals surface area (Å²) in [6.07, 6.45) is 5.83. The molecule has 7 rings (SSSR count). The van der Waals surface area contributed by atoms with Crippen molar-refractivity contribution in [3.8, 4) is 28.7 Å². The first kappa shape index (κ1) is 35.0. The Bertz CT molecular complexity index is 2180. The topological polar surface area (TPSA) is 89.5 Å². The lowest BCUT2D eigenvalue weighted by Gasteiger charge is -2.26. The van der Waals surface area contributed by atoms with Crippen molar-refractivity contribution in [2.45, 2.75) is 40.5 Å². The van der Waals surface area contributed by atoms with Gasteiger partial charge in [0.1, 0.15) is 34.5 Å². The molecule has 52 heavy (non-hydrogen) atoms. The Kier molecular flexibility index (Phi) is 10.4. The first-order valence-corrected chi connectivity index (χ1v) is 19.0. The molecular weight excluding hydrogens is 694 g/mol. The summed E-state index contributed by atoms with van der Waals surface area (Å²) < 4.78 is 38.2. The molecule has 0 amide bonds. The molecule has 0 spiro atoms. The molecule has 0 aromatic heterocycles. The smallest absolute Gasteiger partial charge is 0.409 e. The predicted molar refractivity (Wildman–Crippen MR) is 202 cm³/mol. The maximum atomic E-state index is 14.7. The summed E-state index contributed by atoms with van der Waals surface area (Å²) in [4.78, 5) is 28.8. The van der Waals surface area contributed by atoms with Crippen LogP contribution in [0.1, 0.15) is 68.3 Å². The number of hydrogen-bond donors (Lipinski definition) is 0. The molecule has 5 aromatic rings. The molecule has 0 heterocycles. The van der Waals surface area contributed by atoms with Gasteiger partial charge in [0.05, 0.1) is 11.1 Å². The van der Waals surface area contributed by atoms with Crippen LogP contribution in [0.3, 0.4) is 0 Å². The van der Waals surface area contributed by atoms with Gasteiger partial charge < -0.3 is 27.1 Å². The molecule has 262 valence electrons. The van der Waals surface area contributed by atoms with Gasteiger partial charge in [0, 0.05) is 11.1 Å². The highest BCUT2D eigenvalue weighted by Crippen LogP contribution is 2.50. The number of allylic oxidation sites excluding steroid dienone is 3. The highest BCUT2D eigenvalue weighted by atomic mass is 31.2. The Morgan fingerprint density at radius 2 is 0.808 bits per heavy atom. The van der Waals surface area contributed by atoms with E-state index in [9.17, 15) is 9.59 Å². The minimum Gasteiger partial charge on any atom is -0.409 e. The molecule has 10 heteroatoms. The van der Waals surface area contributed by atoms with Crippen LogP contribution >= 0.6 is 17.2 Å². The molecule has 0 aliphatic heterocycles. The van der Waals surface area contributed by atoms with Gasteiger partial charge in [-0.2, -0.15) is 0 Å². The van der Waals surface area contributed by atoms with Crippen LogP contribution in [0.5, 0.6) is 28.7 Å². The molecule has 2 aliphatic rings. The van der Waals surface area contributed by atoms with Gasteiger partial charge in [-0.25, -0.2) is 0 Å². The fourth-order valence-corrected chi connectivity index (χ4v) is 8.11. The van der Waals surface area contributed by atoms with E-state index in [0.717, 1.165) is 35.1 Å². The summed E-state index contributed by atoms with van der Waals surface area (Å²) in [5.41, 5.74) is 4.21. The van der Waals surface area contributed by atoms with Gasteiger partial charge in [-0.15, -0.1) is 0 Å². The van der Waals surface area contributed by atoms with Crippen molar-refractivity contribution in [1.29, 1.82) is 0 Å². The van der Waals surface area contributed by atoms with Crippen molar-refractivity contribution in [2.24, 2.45) is 0 Å². The third-order valence-corrected chi connectivity index (χ3v) is 10.7. The van der Waals surface area contributed by atoms with Gasteiger partial charge in [0.15, 0.2) is 5.78 Å². The number of carbonyl (C=O) groups excluding carboxylic acids is 2. The number of benzene rings is 5. The SMILES string of the molecule is CC1=CCCC=C1OP(Oc1ccccc1C)Oc1cccc2c1C(=O)c1c(OP(Oc3ccccc3C)Oc3ccccc3C)cccc1C2=O. The molecule has 0 bridgehead atoms. The van der Waals surface area contributed by atoms with Gasteiger partial charge in [-0.3, -0.25) is 9.59 Å². The van der Waals surface area contributed by atoms with Gasteiger partial charge in [-0.1, -0.05) is 84.9 Å². The molecule has 0 fully saturated rings. The van der Waals surface area contributed by atoms with E-state index in [-0.39, 0.29) is 39.5 Å². The fraction of sp³-hybridized carbons (Fsp3) is 0.143. The lowest BCUT2D eigenvalue weighted by atomic mass is 9.83. The average molecular weight is 731 g/mol. The van der Waals surface area contributed by atoms with E-state index in [2.05, 4.69) is 6.08 Å². The van der Waals surface area contributed by atoms with Crippen LogP contribution in [0.25, 0.3) is 0 Å². The molecule has 8 nitrogen and oxygen atoms in total. The lowest BCUT2D eigenvalue weighted by Crippen LogP contribution is -2.22. The Hall–Kier alpha value is -5.42. The first-order valence-electron chi connectivity index (χ1n) is 16.8. The number of hydrogen-bond acceptors (Lipinski definition) is 8. The second kappa shape index (κ2) is 15.4. The summed E-state index contributed by atoms with van der Waals surface area (Å²) in [7, 11) is -4.27. The van der Waals surface area contributed by atoms with Crippen LogP contribution < -0.4 is 22.6 Å². The van der Waals surface area contributed by atoms with Gasteiger partial charge >= 0.3 is 17.2 Å². The molecule has 1 atom stereocenters. The highest BCUT2D eigenvalue weighted by molar-refractivity contribution is 7.43. The number of carbonyl (C=O) groups is 2. The van der Waals surface area contributed by atoms with Crippen molar-refractivity contribution < 1.29 is 36.7 Å². The first-order chi connectivity index (χ1) is 25.3. The van der Waals surface area contributed by atoms with Gasteiger partial charge in [0.25, 0.3) is 0 Å². The molecule has 0 N–H and O–H groups in total. The third-order valence-electron chi connectivity index (χ3n) is 8.65.